The van der Waals surface area contributed by atoms with Crippen LogP contribution in [0.25, 0.3) is 0 Å². The maximum Gasteiger partial charge on any atom is 0.265 e. The van der Waals surface area contributed by atoms with E-state index in [1.165, 1.54) is 0 Å². The molecule has 1 aliphatic heterocycles. The van der Waals surface area contributed by atoms with Gasteiger partial charge in [-0.2, -0.15) is 0 Å². The van der Waals surface area contributed by atoms with Crippen molar-refractivity contribution in [1.82, 2.24) is 0 Å². The summed E-state index contributed by atoms with van der Waals surface area (Å²) in [6.45, 7) is 4.78. The topological polar surface area (TPSA) is 50.8 Å². The van der Waals surface area contributed by atoms with Crippen LogP contribution in [0.3, 0.4) is 0 Å². The van der Waals surface area contributed by atoms with E-state index in [0.717, 1.165) is 23.2 Å². The van der Waals surface area contributed by atoms with Crippen molar-refractivity contribution in [3.63, 3.8) is 0 Å². The molecule has 144 valence electrons. The zero-order chi connectivity index (χ0) is 19.4. The number of nitrogens with zero attached hydrogens (tertiary/aromatic N) is 1. The van der Waals surface area contributed by atoms with E-state index in [2.05, 4.69) is 26.1 Å². The Kier molecular flexibility index (Phi) is 6.87. The molecule has 1 saturated heterocycles. The summed E-state index contributed by atoms with van der Waals surface area (Å²) in [5.41, 5.74) is 1.76. The Labute approximate surface area is 176 Å². The van der Waals surface area contributed by atoms with Gasteiger partial charge in [-0.1, -0.05) is 23.2 Å². The third-order valence-corrected chi connectivity index (χ3v) is 5.30. The van der Waals surface area contributed by atoms with Crippen molar-refractivity contribution >= 4 is 56.4 Å². The van der Waals surface area contributed by atoms with Crippen molar-refractivity contribution in [2.45, 2.75) is 13.0 Å². The molecule has 2 aromatic rings. The average molecular weight is 474 g/mol. The molecule has 0 radical (unpaired) electrons. The van der Waals surface area contributed by atoms with Crippen LogP contribution in [0.4, 0.5) is 11.4 Å². The van der Waals surface area contributed by atoms with Gasteiger partial charge in [0.1, 0.15) is 5.75 Å². The number of amides is 1. The lowest BCUT2D eigenvalue weighted by Gasteiger charge is -2.29. The number of carbonyl (C=O) groups excluding carboxylic acids is 1. The second-order valence-corrected chi connectivity index (χ2v) is 7.79. The van der Waals surface area contributed by atoms with Crippen molar-refractivity contribution in [1.29, 1.82) is 0 Å². The van der Waals surface area contributed by atoms with Crippen LogP contribution in [0.2, 0.25) is 10.0 Å². The van der Waals surface area contributed by atoms with E-state index in [1.807, 2.05) is 18.2 Å². The zero-order valence-electron chi connectivity index (χ0n) is 14.7. The lowest BCUT2D eigenvalue weighted by atomic mass is 10.2. The molecule has 0 aliphatic carbocycles. The van der Waals surface area contributed by atoms with Crippen LogP contribution in [0.15, 0.2) is 40.9 Å². The molecule has 2 aromatic carbocycles. The molecule has 0 aromatic heterocycles. The molecule has 8 heteroatoms. The lowest BCUT2D eigenvalue weighted by Crippen LogP contribution is -2.36. The number of rotatable bonds is 5. The molecule has 1 atom stereocenters. The minimum absolute atomic E-state index is 0.271. The molecule has 1 fully saturated rings. The smallest absolute Gasteiger partial charge is 0.265 e. The summed E-state index contributed by atoms with van der Waals surface area (Å²) in [7, 11) is 0. The van der Waals surface area contributed by atoms with E-state index in [-0.39, 0.29) is 5.91 Å². The van der Waals surface area contributed by atoms with Crippen molar-refractivity contribution in [2.24, 2.45) is 0 Å². The Morgan fingerprint density at radius 2 is 1.96 bits per heavy atom. The maximum atomic E-state index is 12.4. The SMILES string of the molecule is C[C@H](Oc1ccc(Cl)cc1Cl)C(=O)Nc1ccc(N2CCOCC2)c(Br)c1. The summed E-state index contributed by atoms with van der Waals surface area (Å²) in [6.07, 6.45) is -0.721. The van der Waals surface area contributed by atoms with Gasteiger partial charge >= 0.3 is 0 Å². The second kappa shape index (κ2) is 9.15. The molecule has 1 N–H and O–H groups in total. The molecule has 0 unspecified atom stereocenters. The molecule has 1 aliphatic rings. The van der Waals surface area contributed by atoms with E-state index in [4.69, 9.17) is 32.7 Å². The fourth-order valence-electron chi connectivity index (χ4n) is 2.70. The Bertz CT molecular complexity index is 829. The quantitative estimate of drug-likeness (QED) is 0.663. The predicted octanol–water partition coefficient (Wildman–Crippen LogP) is 5.00. The van der Waals surface area contributed by atoms with Crippen LogP contribution in [0, 0.1) is 0 Å². The van der Waals surface area contributed by atoms with Gasteiger partial charge in [0, 0.05) is 28.3 Å². The summed E-state index contributed by atoms with van der Waals surface area (Å²) in [4.78, 5) is 14.7. The molecule has 3 rings (SSSR count). The number of benzene rings is 2. The number of morpholine rings is 1. The summed E-state index contributed by atoms with van der Waals surface area (Å²) in [6, 6.07) is 10.6. The van der Waals surface area contributed by atoms with Gasteiger partial charge in [-0.15, -0.1) is 0 Å². The Morgan fingerprint density at radius 3 is 2.63 bits per heavy atom. The normalized spacial score (nSPS) is 15.3. The molecule has 0 saturated carbocycles. The van der Waals surface area contributed by atoms with Crippen LogP contribution in [0.5, 0.6) is 5.75 Å². The Hall–Kier alpha value is -1.47. The lowest BCUT2D eigenvalue weighted by molar-refractivity contribution is -0.122. The number of hydrogen-bond donors (Lipinski definition) is 1. The van der Waals surface area contributed by atoms with Crippen LogP contribution >= 0.6 is 39.1 Å². The number of nitrogens with one attached hydrogen (secondary N) is 1. The highest BCUT2D eigenvalue weighted by atomic mass is 79.9. The number of carbonyl (C=O) groups is 1. The van der Waals surface area contributed by atoms with Crippen LogP contribution < -0.4 is 15.0 Å². The Balaban J connectivity index is 1.63. The number of hydrogen-bond acceptors (Lipinski definition) is 4. The average Bonchev–Trinajstić information content (AvgIpc) is 2.64. The van der Waals surface area contributed by atoms with Gasteiger partial charge in [0.15, 0.2) is 6.10 Å². The standard InChI is InChI=1S/C19H19BrCl2N2O3/c1-12(27-18-5-2-13(21)10-16(18)22)19(25)23-14-3-4-17(15(20)11-14)24-6-8-26-9-7-24/h2-5,10-12H,6-9H2,1H3,(H,23,25)/t12-/m0/s1. The van der Waals surface area contributed by atoms with Crippen molar-refractivity contribution in [3.05, 3.63) is 50.9 Å². The number of ether oxygens (including phenoxy) is 2. The summed E-state index contributed by atoms with van der Waals surface area (Å²) in [5, 5.41) is 3.73. The predicted molar refractivity (Wildman–Crippen MR) is 112 cm³/mol. The van der Waals surface area contributed by atoms with Crippen LogP contribution in [-0.2, 0) is 9.53 Å². The second-order valence-electron chi connectivity index (χ2n) is 6.09. The van der Waals surface area contributed by atoms with Gasteiger partial charge in [-0.3, -0.25) is 4.79 Å². The minimum Gasteiger partial charge on any atom is -0.479 e. The van der Waals surface area contributed by atoms with E-state index >= 15 is 0 Å². The molecule has 5 nitrogen and oxygen atoms in total. The first kappa shape index (κ1) is 20.3. The molecule has 27 heavy (non-hydrogen) atoms. The highest BCUT2D eigenvalue weighted by Crippen LogP contribution is 2.31. The molecule has 1 amide bonds. The van der Waals surface area contributed by atoms with E-state index < -0.39 is 6.10 Å². The third kappa shape index (κ3) is 5.29. The monoisotopic (exact) mass is 472 g/mol. The largest absolute Gasteiger partial charge is 0.479 e. The van der Waals surface area contributed by atoms with Crippen LogP contribution in [0.1, 0.15) is 6.92 Å². The third-order valence-electron chi connectivity index (χ3n) is 4.13. The van der Waals surface area contributed by atoms with Gasteiger partial charge in [0.05, 0.1) is 23.9 Å². The zero-order valence-corrected chi connectivity index (χ0v) is 17.8. The number of halogens is 3. The summed E-state index contributed by atoms with van der Waals surface area (Å²) < 4.78 is 11.9. The summed E-state index contributed by atoms with van der Waals surface area (Å²) in [5.74, 6) is 0.139. The highest BCUT2D eigenvalue weighted by molar-refractivity contribution is 9.10. The molecule has 0 bridgehead atoms. The van der Waals surface area contributed by atoms with Gasteiger partial charge in [-0.25, -0.2) is 0 Å². The first-order valence-corrected chi connectivity index (χ1v) is 10.0. The van der Waals surface area contributed by atoms with Gasteiger partial charge in [-0.05, 0) is 59.3 Å². The highest BCUT2D eigenvalue weighted by Gasteiger charge is 2.18. The van der Waals surface area contributed by atoms with Crippen molar-refractivity contribution in [3.8, 4) is 5.75 Å². The van der Waals surface area contributed by atoms with Gasteiger partial charge in [0.25, 0.3) is 5.91 Å². The van der Waals surface area contributed by atoms with Crippen LogP contribution in [-0.4, -0.2) is 38.3 Å². The first-order valence-electron chi connectivity index (χ1n) is 8.49. The molecule has 0 spiro atoms. The van der Waals surface area contributed by atoms with Crippen molar-refractivity contribution in [2.75, 3.05) is 36.5 Å². The van der Waals surface area contributed by atoms with Crippen molar-refractivity contribution < 1.29 is 14.3 Å². The molecule has 1 heterocycles. The summed E-state index contributed by atoms with van der Waals surface area (Å²) >= 11 is 15.5. The maximum absolute atomic E-state index is 12.4. The first-order chi connectivity index (χ1) is 12.9. The Morgan fingerprint density at radius 1 is 1.22 bits per heavy atom. The van der Waals surface area contributed by atoms with E-state index in [0.29, 0.717) is 34.7 Å². The molecular weight excluding hydrogens is 455 g/mol. The van der Waals surface area contributed by atoms with Gasteiger partial charge < -0.3 is 19.7 Å². The fourth-order valence-corrected chi connectivity index (χ4v) is 3.79. The fraction of sp³-hybridized carbons (Fsp3) is 0.316. The minimum atomic E-state index is -0.721. The van der Waals surface area contributed by atoms with E-state index in [9.17, 15) is 4.79 Å². The van der Waals surface area contributed by atoms with E-state index in [1.54, 1.807) is 25.1 Å². The molecular formula is C19H19BrCl2N2O3. The van der Waals surface area contributed by atoms with Gasteiger partial charge in [0.2, 0.25) is 0 Å². The number of anilines is 2.